The average Bonchev–Trinajstić information content (AvgIpc) is 2.66. The monoisotopic (exact) mass is 302 g/mol. The minimum absolute atomic E-state index is 0.240. The number of aryl methyl sites for hydroxylation is 1. The van der Waals surface area contributed by atoms with Gasteiger partial charge in [-0.2, -0.15) is 0 Å². The molecule has 1 aromatic heterocycles. The summed E-state index contributed by atoms with van der Waals surface area (Å²) >= 11 is 0. The number of H-pyrrole nitrogens is 1. The minimum Gasteiger partial charge on any atom is -0.463 e. The van der Waals surface area contributed by atoms with E-state index in [1.54, 1.807) is 0 Å². The van der Waals surface area contributed by atoms with Crippen LogP contribution in [0.15, 0.2) is 15.8 Å². The summed E-state index contributed by atoms with van der Waals surface area (Å²) < 4.78 is 24.8. The topological polar surface area (TPSA) is 111 Å². The zero-order chi connectivity index (χ0) is 15.8. The molecule has 0 saturated carbocycles. The third-order valence-electron chi connectivity index (χ3n) is 3.17. The van der Waals surface area contributed by atoms with Gasteiger partial charge in [0.1, 0.15) is 12.8 Å². The molecule has 1 aliphatic heterocycles. The molecule has 2 rings (SSSR count). The van der Waals surface area contributed by atoms with Gasteiger partial charge in [0.25, 0.3) is 5.56 Å². The summed E-state index contributed by atoms with van der Waals surface area (Å²) in [6.45, 7) is 2.14. The van der Waals surface area contributed by atoms with Crippen molar-refractivity contribution in [1.29, 1.82) is 0 Å². The Morgan fingerprint density at radius 2 is 2.33 bits per heavy atom. The number of aromatic amines is 1. The average molecular weight is 302 g/mol. The Bertz CT molecular complexity index is 664. The number of hydrogen-bond donors (Lipinski definition) is 2. The van der Waals surface area contributed by atoms with Gasteiger partial charge in [0, 0.05) is 18.7 Å². The first-order valence-electron chi connectivity index (χ1n) is 6.23. The van der Waals surface area contributed by atoms with Crippen LogP contribution in [0.1, 0.15) is 25.1 Å². The van der Waals surface area contributed by atoms with E-state index in [1.807, 2.05) is 0 Å². The number of carbonyl (C=O) groups excluding carboxylic acids is 1. The Hall–Kier alpha value is -2.00. The van der Waals surface area contributed by atoms with Gasteiger partial charge in [0.05, 0.1) is 6.42 Å². The smallest absolute Gasteiger partial charge is 0.330 e. The quantitative estimate of drug-likeness (QED) is 0.718. The number of nitrogens with zero attached hydrogens (tertiary/aromatic N) is 1. The normalized spacial score (nSPS) is 28.6. The number of halogens is 1. The summed E-state index contributed by atoms with van der Waals surface area (Å²) in [4.78, 5) is 35.8. The van der Waals surface area contributed by atoms with Crippen molar-refractivity contribution in [2.75, 3.05) is 6.61 Å². The Labute approximate surface area is 118 Å². The highest BCUT2D eigenvalue weighted by atomic mass is 19.2. The Kier molecular flexibility index (Phi) is 3.97. The van der Waals surface area contributed by atoms with Gasteiger partial charge in [-0.25, -0.2) is 9.18 Å². The number of aromatic nitrogens is 2. The minimum atomic E-state index is -2.75. The molecule has 21 heavy (non-hydrogen) atoms. The number of rotatable bonds is 3. The van der Waals surface area contributed by atoms with Crippen LogP contribution >= 0.6 is 0 Å². The molecular weight excluding hydrogens is 287 g/mol. The molecule has 0 amide bonds. The van der Waals surface area contributed by atoms with Crippen molar-refractivity contribution in [2.24, 2.45) is 0 Å². The number of hydrogen-bond acceptors (Lipinski definition) is 6. The molecule has 9 heteroatoms. The number of ether oxygens (including phenoxy) is 2. The highest BCUT2D eigenvalue weighted by Gasteiger charge is 2.49. The van der Waals surface area contributed by atoms with Gasteiger partial charge in [-0.15, -0.1) is 0 Å². The molecule has 116 valence electrons. The number of aliphatic hydroxyl groups is 1. The van der Waals surface area contributed by atoms with Crippen molar-refractivity contribution < 1.29 is 23.8 Å². The van der Waals surface area contributed by atoms with E-state index in [2.05, 4.69) is 9.72 Å². The van der Waals surface area contributed by atoms with Gasteiger partial charge in [-0.3, -0.25) is 19.1 Å². The summed E-state index contributed by atoms with van der Waals surface area (Å²) in [5, 5.41) is 9.64. The van der Waals surface area contributed by atoms with E-state index in [9.17, 15) is 23.9 Å². The largest absolute Gasteiger partial charge is 0.463 e. The second kappa shape index (κ2) is 5.41. The molecule has 0 aliphatic carbocycles. The molecule has 2 N–H and O–H groups in total. The van der Waals surface area contributed by atoms with Crippen molar-refractivity contribution in [3.05, 3.63) is 32.6 Å². The summed E-state index contributed by atoms with van der Waals surface area (Å²) in [6, 6.07) is 0. The van der Waals surface area contributed by atoms with Crippen molar-refractivity contribution in [2.45, 2.75) is 38.5 Å². The number of nitrogens with one attached hydrogen (secondary N) is 1. The maximum Gasteiger partial charge on any atom is 0.330 e. The van der Waals surface area contributed by atoms with E-state index < -0.39 is 48.4 Å². The van der Waals surface area contributed by atoms with Crippen LogP contribution in [0.25, 0.3) is 0 Å². The molecule has 0 bridgehead atoms. The highest BCUT2D eigenvalue weighted by molar-refractivity contribution is 5.65. The van der Waals surface area contributed by atoms with E-state index in [4.69, 9.17) is 4.74 Å². The number of alkyl halides is 1. The van der Waals surface area contributed by atoms with Crippen LogP contribution < -0.4 is 11.2 Å². The Morgan fingerprint density at radius 1 is 1.67 bits per heavy atom. The van der Waals surface area contributed by atoms with E-state index in [0.29, 0.717) is 0 Å². The predicted octanol–water partition coefficient (Wildman–Crippen LogP) is -0.646. The predicted molar refractivity (Wildman–Crippen MR) is 67.3 cm³/mol. The van der Waals surface area contributed by atoms with Crippen LogP contribution in [0.4, 0.5) is 4.39 Å². The second-order valence-electron chi connectivity index (χ2n) is 4.88. The molecule has 0 aromatic carbocycles. The summed E-state index contributed by atoms with van der Waals surface area (Å²) in [5.41, 5.74) is -1.09. The first-order valence-corrected chi connectivity index (χ1v) is 6.23. The molecule has 2 heterocycles. The fourth-order valence-corrected chi connectivity index (χ4v) is 2.04. The lowest BCUT2D eigenvalue weighted by molar-refractivity contribution is -0.169. The van der Waals surface area contributed by atoms with Crippen LogP contribution in [-0.4, -0.2) is 39.2 Å². The van der Waals surface area contributed by atoms with Crippen LogP contribution in [0, 0.1) is 6.92 Å². The van der Waals surface area contributed by atoms with Gasteiger partial charge >= 0.3 is 11.7 Å². The Balaban J connectivity index is 2.24. The molecule has 0 spiro atoms. The third kappa shape index (κ3) is 3.19. The fraction of sp³-hybridized carbons (Fsp3) is 0.583. The molecule has 0 unspecified atom stereocenters. The van der Waals surface area contributed by atoms with Crippen LogP contribution in [0.3, 0.4) is 0 Å². The molecule has 1 saturated heterocycles. The molecular formula is C12H15FN2O6. The second-order valence-corrected chi connectivity index (χ2v) is 4.88. The van der Waals surface area contributed by atoms with Crippen molar-refractivity contribution in [1.82, 2.24) is 9.55 Å². The van der Waals surface area contributed by atoms with E-state index in [-0.39, 0.29) is 5.56 Å². The lowest BCUT2D eigenvalue weighted by atomic mass is 10.1. The molecule has 0 radical (unpaired) electrons. The zero-order valence-electron chi connectivity index (χ0n) is 11.5. The molecule has 1 fully saturated rings. The first kappa shape index (κ1) is 15.4. The number of carbonyl (C=O) groups is 1. The van der Waals surface area contributed by atoms with Crippen LogP contribution in [-0.2, 0) is 14.3 Å². The Morgan fingerprint density at radius 3 is 2.95 bits per heavy atom. The lowest BCUT2D eigenvalue weighted by Gasteiger charge is -2.18. The molecule has 8 nitrogen and oxygen atoms in total. The third-order valence-corrected chi connectivity index (χ3v) is 3.17. The van der Waals surface area contributed by atoms with E-state index in [1.165, 1.54) is 13.1 Å². The number of esters is 1. The van der Waals surface area contributed by atoms with Crippen molar-refractivity contribution in [3.63, 3.8) is 0 Å². The zero-order valence-corrected chi connectivity index (χ0v) is 11.5. The lowest BCUT2D eigenvalue weighted by Crippen LogP contribution is -2.37. The highest BCUT2D eigenvalue weighted by Crippen LogP contribution is 2.37. The van der Waals surface area contributed by atoms with Gasteiger partial charge in [0.15, 0.2) is 6.10 Å². The van der Waals surface area contributed by atoms with Gasteiger partial charge in [0.2, 0.25) is 5.85 Å². The summed E-state index contributed by atoms with van der Waals surface area (Å²) in [5.74, 6) is -3.39. The summed E-state index contributed by atoms with van der Waals surface area (Å²) in [7, 11) is 0. The molecule has 1 aliphatic rings. The van der Waals surface area contributed by atoms with E-state index in [0.717, 1.165) is 11.5 Å². The first-order chi connectivity index (χ1) is 9.70. The van der Waals surface area contributed by atoms with Gasteiger partial charge < -0.3 is 14.6 Å². The van der Waals surface area contributed by atoms with Crippen LogP contribution in [0.2, 0.25) is 0 Å². The van der Waals surface area contributed by atoms with Crippen molar-refractivity contribution >= 4 is 5.97 Å². The maximum atomic E-state index is 14.0. The van der Waals surface area contributed by atoms with Crippen molar-refractivity contribution in [3.8, 4) is 0 Å². The SMILES string of the molecule is CC(=O)OC[C@H]1O[C@@H](n2cc(C)c(=O)[nH]c2=O)C[C@@]1(O)F. The van der Waals surface area contributed by atoms with Gasteiger partial charge in [-0.1, -0.05) is 0 Å². The summed E-state index contributed by atoms with van der Waals surface area (Å²) in [6.07, 6.45) is -1.82. The van der Waals surface area contributed by atoms with Crippen LogP contribution in [0.5, 0.6) is 0 Å². The molecule has 1 aromatic rings. The van der Waals surface area contributed by atoms with E-state index >= 15 is 0 Å². The molecule has 3 atom stereocenters. The maximum absolute atomic E-state index is 14.0. The standard InChI is InChI=1S/C12H15FN2O6/c1-6-4-15(11(18)14-10(6)17)9-3-12(13,19)8(21-9)5-20-7(2)16/h4,8-9,19H,3,5H2,1-2H3,(H,14,17,18)/t8-,9-,12+/m1/s1. The fourth-order valence-electron chi connectivity index (χ4n) is 2.04. The van der Waals surface area contributed by atoms with Gasteiger partial charge in [-0.05, 0) is 6.92 Å².